The average molecular weight is 343 g/mol. The van der Waals surface area contributed by atoms with Gasteiger partial charge in [0.2, 0.25) is 0 Å². The molecule has 128 valence electrons. The molecule has 0 bridgehead atoms. The van der Waals surface area contributed by atoms with Crippen molar-refractivity contribution in [2.45, 2.75) is 51.8 Å². The molecule has 4 nitrogen and oxygen atoms in total. The Balaban J connectivity index is 1.89. The van der Waals surface area contributed by atoms with E-state index in [1.165, 1.54) is 12.1 Å². The van der Waals surface area contributed by atoms with Crippen molar-refractivity contribution in [2.24, 2.45) is 0 Å². The molecule has 1 fully saturated rings. The van der Waals surface area contributed by atoms with Crippen molar-refractivity contribution in [3.05, 3.63) is 34.6 Å². The number of likely N-dealkylation sites (tertiary alicyclic amines) is 1. The quantitative estimate of drug-likeness (QED) is 0.903. The van der Waals surface area contributed by atoms with Crippen molar-refractivity contribution in [3.8, 4) is 0 Å². The summed E-state index contributed by atoms with van der Waals surface area (Å²) < 4.78 is 19.1. The minimum absolute atomic E-state index is 0.120. The lowest BCUT2D eigenvalue weighted by atomic mass is 10.1. The van der Waals surface area contributed by atoms with Gasteiger partial charge in [0.15, 0.2) is 0 Å². The van der Waals surface area contributed by atoms with Gasteiger partial charge in [-0.15, -0.1) is 0 Å². The van der Waals surface area contributed by atoms with Gasteiger partial charge in [-0.2, -0.15) is 0 Å². The molecule has 0 radical (unpaired) electrons. The molecule has 1 aromatic rings. The molecule has 1 saturated heterocycles. The first-order valence-electron chi connectivity index (χ1n) is 7.90. The summed E-state index contributed by atoms with van der Waals surface area (Å²) >= 11 is 5.90. The summed E-state index contributed by atoms with van der Waals surface area (Å²) in [5.41, 5.74) is 0.0355. The van der Waals surface area contributed by atoms with Gasteiger partial charge in [0.25, 0.3) is 0 Å². The highest BCUT2D eigenvalue weighted by molar-refractivity contribution is 6.30. The van der Waals surface area contributed by atoms with Crippen LogP contribution in [0.2, 0.25) is 5.02 Å². The van der Waals surface area contributed by atoms with E-state index >= 15 is 0 Å². The lowest BCUT2D eigenvalue weighted by Gasteiger charge is -2.34. The van der Waals surface area contributed by atoms with Crippen LogP contribution < -0.4 is 5.32 Å². The van der Waals surface area contributed by atoms with Gasteiger partial charge < -0.3 is 15.0 Å². The van der Waals surface area contributed by atoms with E-state index in [0.717, 1.165) is 12.8 Å². The number of nitrogens with one attached hydrogen (secondary N) is 1. The van der Waals surface area contributed by atoms with E-state index < -0.39 is 5.60 Å². The second-order valence-corrected chi connectivity index (χ2v) is 7.32. The molecule has 1 unspecified atom stereocenters. The molecule has 1 heterocycles. The Kier molecular flexibility index (Phi) is 5.87. The van der Waals surface area contributed by atoms with Crippen molar-refractivity contribution < 1.29 is 13.9 Å². The fraction of sp³-hybridized carbons (Fsp3) is 0.588. The zero-order valence-corrected chi connectivity index (χ0v) is 14.6. The van der Waals surface area contributed by atoms with Crippen LogP contribution in [0, 0.1) is 5.82 Å². The maximum absolute atomic E-state index is 13.7. The Labute approximate surface area is 141 Å². The first-order chi connectivity index (χ1) is 10.7. The normalized spacial score (nSPS) is 18.8. The van der Waals surface area contributed by atoms with Crippen LogP contribution in [0.3, 0.4) is 0 Å². The number of carbonyl (C=O) groups excluding carboxylic acids is 1. The maximum atomic E-state index is 13.7. The first-order valence-corrected chi connectivity index (χ1v) is 8.27. The van der Waals surface area contributed by atoms with Gasteiger partial charge in [-0.1, -0.05) is 11.6 Å². The maximum Gasteiger partial charge on any atom is 0.410 e. The Hall–Kier alpha value is -1.33. The number of amides is 1. The molecule has 0 spiro atoms. The van der Waals surface area contributed by atoms with Crippen LogP contribution in [0.1, 0.15) is 39.2 Å². The summed E-state index contributed by atoms with van der Waals surface area (Å²) in [5, 5.41) is 3.82. The highest BCUT2D eigenvalue weighted by atomic mass is 35.5. The lowest BCUT2D eigenvalue weighted by molar-refractivity contribution is 0.0187. The molecule has 0 saturated carbocycles. The number of carbonyl (C=O) groups is 1. The van der Waals surface area contributed by atoms with Gasteiger partial charge in [-0.3, -0.25) is 0 Å². The molecule has 1 N–H and O–H groups in total. The number of hydrogen-bond acceptors (Lipinski definition) is 3. The van der Waals surface area contributed by atoms with Crippen molar-refractivity contribution in [3.63, 3.8) is 0 Å². The van der Waals surface area contributed by atoms with Crippen molar-refractivity contribution in [1.82, 2.24) is 10.2 Å². The third-order valence-corrected chi connectivity index (χ3v) is 3.90. The summed E-state index contributed by atoms with van der Waals surface area (Å²) in [6.07, 6.45) is 1.55. The summed E-state index contributed by atoms with van der Waals surface area (Å²) in [6.45, 7) is 7.21. The molecule has 0 aromatic heterocycles. The molecule has 1 aliphatic heterocycles. The Bertz CT molecular complexity index is 560. The summed E-state index contributed by atoms with van der Waals surface area (Å²) in [6, 6.07) is 4.64. The summed E-state index contributed by atoms with van der Waals surface area (Å²) in [4.78, 5) is 13.8. The highest BCUT2D eigenvalue weighted by Gasteiger charge is 2.27. The zero-order valence-electron chi connectivity index (χ0n) is 13.9. The molecule has 1 aliphatic rings. The number of rotatable bonds is 3. The zero-order chi connectivity index (χ0) is 17.0. The van der Waals surface area contributed by atoms with E-state index in [0.29, 0.717) is 30.2 Å². The van der Waals surface area contributed by atoms with Crippen molar-refractivity contribution in [2.75, 3.05) is 13.1 Å². The molecule has 1 atom stereocenters. The van der Waals surface area contributed by atoms with E-state index in [1.54, 1.807) is 11.0 Å². The number of ether oxygens (including phenoxy) is 1. The second kappa shape index (κ2) is 7.49. The third-order valence-electron chi connectivity index (χ3n) is 3.66. The number of nitrogens with zero attached hydrogens (tertiary/aromatic N) is 1. The SMILES string of the molecule is CC(C)(C)OC(=O)N1CCCC(NCc2cc(Cl)ccc2F)C1. The third kappa shape index (κ3) is 5.66. The van der Waals surface area contributed by atoms with Gasteiger partial charge in [0, 0.05) is 36.3 Å². The molecular weight excluding hydrogens is 319 g/mol. The Morgan fingerprint density at radius 1 is 1.48 bits per heavy atom. The van der Waals surface area contributed by atoms with Gasteiger partial charge in [-0.05, 0) is 51.8 Å². The molecular formula is C17H24ClFN2O2. The van der Waals surface area contributed by atoms with Crippen LogP contribution in [0.4, 0.5) is 9.18 Å². The molecule has 23 heavy (non-hydrogen) atoms. The minimum Gasteiger partial charge on any atom is -0.444 e. The monoisotopic (exact) mass is 342 g/mol. The van der Waals surface area contributed by atoms with Crippen LogP contribution in [-0.4, -0.2) is 35.7 Å². The second-order valence-electron chi connectivity index (χ2n) is 6.88. The van der Waals surface area contributed by atoms with Crippen LogP contribution >= 0.6 is 11.6 Å². The highest BCUT2D eigenvalue weighted by Crippen LogP contribution is 2.18. The Morgan fingerprint density at radius 3 is 2.91 bits per heavy atom. The van der Waals surface area contributed by atoms with E-state index in [2.05, 4.69) is 5.32 Å². The van der Waals surface area contributed by atoms with Gasteiger partial charge in [0.05, 0.1) is 0 Å². The van der Waals surface area contributed by atoms with Crippen LogP contribution in [-0.2, 0) is 11.3 Å². The van der Waals surface area contributed by atoms with Crippen LogP contribution in [0.5, 0.6) is 0 Å². The van der Waals surface area contributed by atoms with Crippen LogP contribution in [0.25, 0.3) is 0 Å². The van der Waals surface area contributed by atoms with Crippen molar-refractivity contribution >= 4 is 17.7 Å². The fourth-order valence-electron chi connectivity index (χ4n) is 2.57. The number of halogens is 2. The van der Waals surface area contributed by atoms with Crippen molar-refractivity contribution in [1.29, 1.82) is 0 Å². The standard InChI is InChI=1S/C17H24ClFN2O2/c1-17(2,3)23-16(22)21-8-4-5-14(11-21)20-10-12-9-13(18)6-7-15(12)19/h6-7,9,14,20H,4-5,8,10-11H2,1-3H3. The number of benzene rings is 1. The van der Waals surface area contributed by atoms with Gasteiger partial charge >= 0.3 is 6.09 Å². The van der Waals surface area contributed by atoms with E-state index in [-0.39, 0.29) is 18.0 Å². The molecule has 0 aliphatic carbocycles. The molecule has 1 amide bonds. The predicted molar refractivity (Wildman–Crippen MR) is 89.1 cm³/mol. The first kappa shape index (κ1) is 18.0. The fourth-order valence-corrected chi connectivity index (χ4v) is 2.76. The smallest absolute Gasteiger partial charge is 0.410 e. The van der Waals surface area contributed by atoms with E-state index in [9.17, 15) is 9.18 Å². The van der Waals surface area contributed by atoms with Gasteiger partial charge in [0.1, 0.15) is 11.4 Å². The number of hydrogen-bond donors (Lipinski definition) is 1. The lowest BCUT2D eigenvalue weighted by Crippen LogP contribution is -2.49. The molecule has 1 aromatic carbocycles. The number of piperidine rings is 1. The predicted octanol–water partition coefficient (Wildman–Crippen LogP) is 3.97. The minimum atomic E-state index is -0.499. The van der Waals surface area contributed by atoms with E-state index in [1.807, 2.05) is 20.8 Å². The summed E-state index contributed by atoms with van der Waals surface area (Å²) in [7, 11) is 0. The Morgan fingerprint density at radius 2 is 2.22 bits per heavy atom. The van der Waals surface area contributed by atoms with Gasteiger partial charge in [-0.25, -0.2) is 9.18 Å². The molecule has 6 heteroatoms. The summed E-state index contributed by atoms with van der Waals surface area (Å²) in [5.74, 6) is -0.276. The molecule has 2 rings (SSSR count). The average Bonchev–Trinajstić information content (AvgIpc) is 2.47. The van der Waals surface area contributed by atoms with Crippen LogP contribution in [0.15, 0.2) is 18.2 Å². The van der Waals surface area contributed by atoms with E-state index in [4.69, 9.17) is 16.3 Å². The topological polar surface area (TPSA) is 41.6 Å². The largest absolute Gasteiger partial charge is 0.444 e.